The van der Waals surface area contributed by atoms with Gasteiger partial charge in [0.2, 0.25) is 0 Å². The number of benzene rings is 1. The molecule has 66 valence electrons. The Hall–Kier alpha value is -0.620. The Morgan fingerprint density at radius 2 is 2.00 bits per heavy atom. The maximum Gasteiger partial charge on any atom is 0.188 e. The molecule has 0 amide bonds. The van der Waals surface area contributed by atoms with Gasteiger partial charge in [0.05, 0.1) is 0 Å². The average Bonchev–Trinajstić information content (AvgIpc) is 2.53. The average molecular weight is 302 g/mol. The fourth-order valence-electron chi connectivity index (χ4n) is 0.957. The predicted molar refractivity (Wildman–Crippen MR) is 64.6 cm³/mol. The standard InChI is InChI=1S/C9H7IN2S/c10-8-6-13-9(12-8)11-7-4-2-1-3-5-7/h1-6H,(H,11,12). The van der Waals surface area contributed by atoms with Crippen molar-refractivity contribution < 1.29 is 0 Å². The van der Waals surface area contributed by atoms with E-state index in [1.165, 1.54) is 0 Å². The van der Waals surface area contributed by atoms with Crippen LogP contribution >= 0.6 is 33.9 Å². The third kappa shape index (κ3) is 2.41. The molecule has 2 nitrogen and oxygen atoms in total. The molecule has 0 aliphatic rings. The molecule has 1 aromatic carbocycles. The van der Waals surface area contributed by atoms with E-state index in [4.69, 9.17) is 0 Å². The molecule has 13 heavy (non-hydrogen) atoms. The molecule has 0 radical (unpaired) electrons. The van der Waals surface area contributed by atoms with Gasteiger partial charge in [0.15, 0.2) is 5.13 Å². The van der Waals surface area contributed by atoms with Crippen molar-refractivity contribution in [2.75, 3.05) is 5.32 Å². The smallest absolute Gasteiger partial charge is 0.188 e. The van der Waals surface area contributed by atoms with E-state index in [0.29, 0.717) is 0 Å². The van der Waals surface area contributed by atoms with Crippen molar-refractivity contribution in [1.29, 1.82) is 0 Å². The summed E-state index contributed by atoms with van der Waals surface area (Å²) in [6.07, 6.45) is 0. The van der Waals surface area contributed by atoms with E-state index in [1.807, 2.05) is 35.7 Å². The largest absolute Gasteiger partial charge is 0.332 e. The van der Waals surface area contributed by atoms with Gasteiger partial charge < -0.3 is 5.32 Å². The molecule has 4 heteroatoms. The zero-order valence-electron chi connectivity index (χ0n) is 6.70. The molecule has 1 N–H and O–H groups in total. The second kappa shape index (κ2) is 4.06. The van der Waals surface area contributed by atoms with Crippen LogP contribution in [-0.2, 0) is 0 Å². The number of hydrogen-bond acceptors (Lipinski definition) is 3. The number of anilines is 2. The lowest BCUT2D eigenvalue weighted by atomic mass is 10.3. The molecule has 0 fully saturated rings. The Kier molecular flexibility index (Phi) is 2.80. The number of rotatable bonds is 2. The number of nitrogens with zero attached hydrogens (tertiary/aromatic N) is 1. The number of hydrogen-bond donors (Lipinski definition) is 1. The second-order valence-electron chi connectivity index (χ2n) is 2.47. The fraction of sp³-hybridized carbons (Fsp3) is 0. The third-order valence-electron chi connectivity index (χ3n) is 1.50. The first-order chi connectivity index (χ1) is 6.34. The minimum absolute atomic E-state index is 0.940. The Labute approximate surface area is 94.2 Å². The van der Waals surface area contributed by atoms with Crippen LogP contribution in [0.25, 0.3) is 0 Å². The van der Waals surface area contributed by atoms with E-state index in [2.05, 4.69) is 32.9 Å². The lowest BCUT2D eigenvalue weighted by Crippen LogP contribution is -1.87. The Bertz CT molecular complexity index is 386. The quantitative estimate of drug-likeness (QED) is 0.859. The molecule has 0 saturated carbocycles. The molecule has 0 aliphatic carbocycles. The summed E-state index contributed by atoms with van der Waals surface area (Å²) in [5.41, 5.74) is 1.08. The monoisotopic (exact) mass is 302 g/mol. The van der Waals surface area contributed by atoms with Gasteiger partial charge in [0.25, 0.3) is 0 Å². The van der Waals surface area contributed by atoms with Crippen LogP contribution < -0.4 is 5.32 Å². The minimum atomic E-state index is 0.940. The number of nitrogens with one attached hydrogen (secondary N) is 1. The van der Waals surface area contributed by atoms with Crippen LogP contribution in [0.3, 0.4) is 0 Å². The van der Waals surface area contributed by atoms with Crippen molar-refractivity contribution in [3.8, 4) is 0 Å². The first kappa shape index (κ1) is 8.96. The van der Waals surface area contributed by atoms with Crippen LogP contribution in [-0.4, -0.2) is 4.98 Å². The van der Waals surface area contributed by atoms with Crippen molar-refractivity contribution in [1.82, 2.24) is 4.98 Å². The first-order valence-corrected chi connectivity index (χ1v) is 5.73. The molecule has 0 aliphatic heterocycles. The van der Waals surface area contributed by atoms with E-state index in [-0.39, 0.29) is 0 Å². The number of para-hydroxylation sites is 1. The summed E-state index contributed by atoms with van der Waals surface area (Å²) in [6, 6.07) is 10.0. The van der Waals surface area contributed by atoms with Crippen LogP contribution in [0, 0.1) is 3.70 Å². The van der Waals surface area contributed by atoms with E-state index in [0.717, 1.165) is 14.5 Å². The molecule has 2 aromatic rings. The summed E-state index contributed by atoms with van der Waals surface area (Å²) in [4.78, 5) is 4.30. The lowest BCUT2D eigenvalue weighted by molar-refractivity contribution is 1.34. The van der Waals surface area contributed by atoms with Crippen molar-refractivity contribution in [2.24, 2.45) is 0 Å². The fourth-order valence-corrected chi connectivity index (χ4v) is 2.33. The zero-order chi connectivity index (χ0) is 9.10. The summed E-state index contributed by atoms with van der Waals surface area (Å²) in [6.45, 7) is 0. The van der Waals surface area contributed by atoms with Gasteiger partial charge in [0.1, 0.15) is 3.70 Å². The van der Waals surface area contributed by atoms with Crippen molar-refractivity contribution in [3.63, 3.8) is 0 Å². The van der Waals surface area contributed by atoms with Gasteiger partial charge in [-0.15, -0.1) is 11.3 Å². The topological polar surface area (TPSA) is 24.9 Å². The molecule has 2 rings (SSSR count). The van der Waals surface area contributed by atoms with Gasteiger partial charge in [-0.2, -0.15) is 0 Å². The Morgan fingerprint density at radius 1 is 1.23 bits per heavy atom. The molecule has 1 heterocycles. The highest BCUT2D eigenvalue weighted by atomic mass is 127. The van der Waals surface area contributed by atoms with Crippen LogP contribution in [0.15, 0.2) is 35.7 Å². The number of halogens is 1. The van der Waals surface area contributed by atoms with E-state index >= 15 is 0 Å². The normalized spacial score (nSPS) is 9.92. The van der Waals surface area contributed by atoms with Crippen molar-refractivity contribution in [2.45, 2.75) is 0 Å². The van der Waals surface area contributed by atoms with Crippen LogP contribution in [0.5, 0.6) is 0 Å². The lowest BCUT2D eigenvalue weighted by Gasteiger charge is -1.99. The second-order valence-corrected chi connectivity index (χ2v) is 4.43. The van der Waals surface area contributed by atoms with Crippen LogP contribution in [0.1, 0.15) is 0 Å². The highest BCUT2D eigenvalue weighted by Crippen LogP contribution is 2.20. The van der Waals surface area contributed by atoms with Gasteiger partial charge in [-0.1, -0.05) is 18.2 Å². The molecular weight excluding hydrogens is 295 g/mol. The summed E-state index contributed by atoms with van der Waals surface area (Å²) in [5, 5.41) is 6.19. The van der Waals surface area contributed by atoms with Gasteiger partial charge in [0, 0.05) is 11.1 Å². The van der Waals surface area contributed by atoms with E-state index in [1.54, 1.807) is 11.3 Å². The first-order valence-electron chi connectivity index (χ1n) is 3.78. The SMILES string of the molecule is Ic1csc(Nc2ccccc2)n1. The van der Waals surface area contributed by atoms with E-state index < -0.39 is 0 Å². The highest BCUT2D eigenvalue weighted by Gasteiger charge is 1.98. The summed E-state index contributed by atoms with van der Waals surface area (Å²) < 4.78 is 1.03. The Morgan fingerprint density at radius 3 is 2.62 bits per heavy atom. The number of aromatic nitrogens is 1. The Balaban J connectivity index is 2.15. The zero-order valence-corrected chi connectivity index (χ0v) is 9.67. The predicted octanol–water partition coefficient (Wildman–Crippen LogP) is 3.49. The third-order valence-corrected chi connectivity index (χ3v) is 3.23. The minimum Gasteiger partial charge on any atom is -0.332 e. The molecule has 0 saturated heterocycles. The molecule has 0 atom stereocenters. The highest BCUT2D eigenvalue weighted by molar-refractivity contribution is 14.1. The molecule has 1 aromatic heterocycles. The molecule has 0 spiro atoms. The summed E-state index contributed by atoms with van der Waals surface area (Å²) >= 11 is 3.82. The van der Waals surface area contributed by atoms with Gasteiger partial charge in [-0.05, 0) is 34.7 Å². The van der Waals surface area contributed by atoms with Crippen molar-refractivity contribution in [3.05, 3.63) is 39.4 Å². The number of thiazole rings is 1. The van der Waals surface area contributed by atoms with Gasteiger partial charge >= 0.3 is 0 Å². The van der Waals surface area contributed by atoms with Crippen molar-refractivity contribution >= 4 is 44.7 Å². The van der Waals surface area contributed by atoms with Crippen LogP contribution in [0.4, 0.5) is 10.8 Å². The molecule has 0 unspecified atom stereocenters. The van der Waals surface area contributed by atoms with E-state index in [9.17, 15) is 0 Å². The van der Waals surface area contributed by atoms with Crippen LogP contribution in [0.2, 0.25) is 0 Å². The van der Waals surface area contributed by atoms with Gasteiger partial charge in [-0.3, -0.25) is 0 Å². The molecule has 0 bridgehead atoms. The maximum atomic E-state index is 4.30. The summed E-state index contributed by atoms with van der Waals surface area (Å²) in [5.74, 6) is 0. The van der Waals surface area contributed by atoms with Gasteiger partial charge in [-0.25, -0.2) is 4.98 Å². The summed E-state index contributed by atoms with van der Waals surface area (Å²) in [7, 11) is 0. The molecular formula is C9H7IN2S. The maximum absolute atomic E-state index is 4.30.